The number of anilines is 2. The number of nitrogens with zero attached hydrogens (tertiary/aromatic N) is 4. The molecule has 12 heteroatoms. The van der Waals surface area contributed by atoms with Crippen molar-refractivity contribution >= 4 is 66.4 Å². The second-order valence-corrected chi connectivity index (χ2v) is 16.9. The van der Waals surface area contributed by atoms with Crippen LogP contribution in [-0.2, 0) is 4.79 Å². The van der Waals surface area contributed by atoms with Crippen molar-refractivity contribution in [2.45, 2.75) is 31.7 Å². The molecule has 5 aromatic rings. The monoisotopic (exact) mass is 819 g/mol. The molecule has 3 amide bonds. The minimum absolute atomic E-state index is 0.0339. The van der Waals surface area contributed by atoms with Gasteiger partial charge < -0.3 is 25.0 Å². The van der Waals surface area contributed by atoms with Gasteiger partial charge in [0, 0.05) is 84.7 Å². The van der Waals surface area contributed by atoms with Crippen molar-refractivity contribution < 1.29 is 24.2 Å². The van der Waals surface area contributed by atoms with E-state index in [4.69, 9.17) is 4.74 Å². The van der Waals surface area contributed by atoms with Crippen molar-refractivity contribution in [1.29, 1.82) is 0 Å². The number of rotatable bonds is 8. The number of imide groups is 1. The molecule has 0 radical (unpaired) electrons. The van der Waals surface area contributed by atoms with E-state index in [0.717, 1.165) is 101 Å². The second-order valence-electron chi connectivity index (χ2n) is 15.0. The second kappa shape index (κ2) is 15.0. The van der Waals surface area contributed by atoms with E-state index in [1.807, 2.05) is 30.3 Å². The Hall–Kier alpha value is -4.91. The van der Waals surface area contributed by atoms with Crippen LogP contribution in [0.5, 0.6) is 17.2 Å². The Labute approximate surface area is 332 Å². The van der Waals surface area contributed by atoms with E-state index >= 15 is 0 Å². The lowest BCUT2D eigenvalue weighted by molar-refractivity contribution is -0.123. The lowest BCUT2D eigenvalue weighted by Crippen LogP contribution is -2.50. The standard InChI is InChI=1S/C43H42BrN5O5S/c44-29-3-1-28(2-4-29)41-40(36-13-9-33(50)24-38(36)55-41)54-34-10-5-30(6-11-34)47-17-15-27(16-18-47)26-46-19-21-48(22-20-46)31-7-12-35-37(23-31)43(53)49(42(35)52)32-8-14-39(51)45-25-32/h1-7,9-13,23-24,27,32,50H,8,14-22,25-26H2,(H,45,51). The number of phenols is 1. The molecule has 4 aliphatic rings. The number of aromatic hydroxyl groups is 1. The molecule has 1 unspecified atom stereocenters. The summed E-state index contributed by atoms with van der Waals surface area (Å²) in [6.07, 6.45) is 3.12. The zero-order chi connectivity index (χ0) is 37.6. The smallest absolute Gasteiger partial charge is 0.261 e. The summed E-state index contributed by atoms with van der Waals surface area (Å²) < 4.78 is 8.57. The Balaban J connectivity index is 0.775. The van der Waals surface area contributed by atoms with Gasteiger partial charge in [-0.05, 0) is 104 Å². The fourth-order valence-corrected chi connectivity index (χ4v) is 9.87. The van der Waals surface area contributed by atoms with Crippen LogP contribution in [0.1, 0.15) is 46.4 Å². The van der Waals surface area contributed by atoms with Crippen molar-refractivity contribution in [3.05, 3.63) is 101 Å². The number of carbonyl (C=O) groups excluding carboxylic acids is 3. The minimum atomic E-state index is -0.294. The maximum absolute atomic E-state index is 13.3. The summed E-state index contributed by atoms with van der Waals surface area (Å²) in [5, 5.41) is 13.9. The van der Waals surface area contributed by atoms with Gasteiger partial charge in [-0.25, -0.2) is 0 Å². The molecule has 4 aromatic carbocycles. The zero-order valence-corrected chi connectivity index (χ0v) is 32.8. The molecule has 0 saturated carbocycles. The van der Waals surface area contributed by atoms with Crippen molar-refractivity contribution in [2.24, 2.45) is 5.92 Å². The quantitative estimate of drug-likeness (QED) is 0.153. The number of ether oxygens (including phenoxy) is 1. The van der Waals surface area contributed by atoms with E-state index in [2.05, 4.69) is 72.3 Å². The van der Waals surface area contributed by atoms with Crippen molar-refractivity contribution in [3.8, 4) is 27.7 Å². The molecule has 1 atom stereocenters. The molecule has 0 bridgehead atoms. The number of hydrogen-bond acceptors (Lipinski definition) is 9. The number of halogens is 1. The fourth-order valence-electron chi connectivity index (χ4n) is 8.44. The Morgan fingerprint density at radius 3 is 2.20 bits per heavy atom. The number of fused-ring (bicyclic) bond motifs is 2. The molecular weight excluding hydrogens is 778 g/mol. The van der Waals surface area contributed by atoms with Crippen LogP contribution in [0, 0.1) is 5.92 Å². The number of phenolic OH excluding ortho intramolecular Hbond substituents is 1. The highest BCUT2D eigenvalue weighted by Crippen LogP contribution is 2.47. The summed E-state index contributed by atoms with van der Waals surface area (Å²) in [5.74, 6) is 1.93. The van der Waals surface area contributed by atoms with Crippen LogP contribution in [0.4, 0.5) is 11.4 Å². The van der Waals surface area contributed by atoms with Gasteiger partial charge in [-0.3, -0.25) is 24.2 Å². The Bertz CT molecular complexity index is 2250. The molecule has 9 rings (SSSR count). The Morgan fingerprint density at radius 2 is 1.47 bits per heavy atom. The topological polar surface area (TPSA) is 106 Å². The number of carbonyl (C=O) groups is 3. The maximum atomic E-state index is 13.3. The van der Waals surface area contributed by atoms with E-state index in [1.54, 1.807) is 29.5 Å². The highest BCUT2D eigenvalue weighted by molar-refractivity contribution is 9.10. The zero-order valence-electron chi connectivity index (χ0n) is 30.4. The summed E-state index contributed by atoms with van der Waals surface area (Å²) >= 11 is 5.15. The largest absolute Gasteiger partial charge is 0.508 e. The first kappa shape index (κ1) is 35.8. The van der Waals surface area contributed by atoms with Crippen LogP contribution in [0.15, 0.2) is 89.4 Å². The summed E-state index contributed by atoms with van der Waals surface area (Å²) in [6.45, 7) is 7.12. The third kappa shape index (κ3) is 7.18. The van der Waals surface area contributed by atoms with Crippen LogP contribution in [0.2, 0.25) is 0 Å². The molecule has 10 nitrogen and oxygen atoms in total. The maximum Gasteiger partial charge on any atom is 0.261 e. The number of benzene rings is 4. The van der Waals surface area contributed by atoms with Gasteiger partial charge >= 0.3 is 0 Å². The number of piperidine rings is 2. The van der Waals surface area contributed by atoms with Crippen LogP contribution in [-0.4, -0.2) is 91.0 Å². The molecule has 0 spiro atoms. The molecule has 1 aromatic heterocycles. The van der Waals surface area contributed by atoms with E-state index in [1.165, 1.54) is 10.6 Å². The lowest BCUT2D eigenvalue weighted by Gasteiger charge is -2.40. The van der Waals surface area contributed by atoms with E-state index in [0.29, 0.717) is 36.4 Å². The summed E-state index contributed by atoms with van der Waals surface area (Å²) in [4.78, 5) is 47.9. The number of nitrogens with one attached hydrogen (secondary N) is 1. The third-order valence-corrected chi connectivity index (χ3v) is 13.2. The van der Waals surface area contributed by atoms with Crippen LogP contribution in [0.3, 0.4) is 0 Å². The van der Waals surface area contributed by atoms with Gasteiger partial charge in [0.1, 0.15) is 11.5 Å². The molecule has 3 saturated heterocycles. The van der Waals surface area contributed by atoms with Crippen molar-refractivity contribution in [3.63, 3.8) is 0 Å². The van der Waals surface area contributed by atoms with Crippen LogP contribution < -0.4 is 19.9 Å². The first-order valence-corrected chi connectivity index (χ1v) is 20.7. The average Bonchev–Trinajstić information content (AvgIpc) is 3.68. The molecular formula is C43H42BrN5O5S. The van der Waals surface area contributed by atoms with Gasteiger partial charge in [0.15, 0.2) is 5.75 Å². The van der Waals surface area contributed by atoms with E-state index < -0.39 is 0 Å². The van der Waals surface area contributed by atoms with Gasteiger partial charge in [-0.1, -0.05) is 28.1 Å². The SMILES string of the molecule is O=C1CCC(N2C(=O)c3ccc(N4CCN(CC5CCN(c6ccc(Oc7c(-c8ccc(Br)cc8)sc8cc(O)ccc78)cc6)CC5)CC4)cc3C2=O)CN1. The summed E-state index contributed by atoms with van der Waals surface area (Å²) in [6, 6.07) is 27.4. The van der Waals surface area contributed by atoms with Crippen LogP contribution >= 0.6 is 27.3 Å². The summed E-state index contributed by atoms with van der Waals surface area (Å²) in [5.41, 5.74) is 4.19. The van der Waals surface area contributed by atoms with Gasteiger partial charge in [-0.15, -0.1) is 11.3 Å². The fraction of sp³-hybridized carbons (Fsp3) is 0.326. The van der Waals surface area contributed by atoms with Crippen LogP contribution in [0.25, 0.3) is 20.5 Å². The summed E-state index contributed by atoms with van der Waals surface area (Å²) in [7, 11) is 0. The molecule has 282 valence electrons. The first-order chi connectivity index (χ1) is 26.8. The van der Waals surface area contributed by atoms with Gasteiger partial charge in [-0.2, -0.15) is 0 Å². The number of piperazine rings is 1. The predicted octanol–water partition coefficient (Wildman–Crippen LogP) is 7.74. The molecule has 55 heavy (non-hydrogen) atoms. The predicted molar refractivity (Wildman–Crippen MR) is 220 cm³/mol. The third-order valence-electron chi connectivity index (χ3n) is 11.5. The minimum Gasteiger partial charge on any atom is -0.508 e. The average molecular weight is 821 g/mol. The van der Waals surface area contributed by atoms with E-state index in [-0.39, 0.29) is 29.5 Å². The normalized spacial score (nSPS) is 19.6. The highest BCUT2D eigenvalue weighted by Gasteiger charge is 2.41. The van der Waals surface area contributed by atoms with Crippen molar-refractivity contribution in [1.82, 2.24) is 15.1 Å². The van der Waals surface area contributed by atoms with E-state index in [9.17, 15) is 19.5 Å². The Kier molecular flexibility index (Phi) is 9.74. The number of amides is 3. The molecule has 5 heterocycles. The van der Waals surface area contributed by atoms with Gasteiger partial charge in [0.05, 0.1) is 22.0 Å². The molecule has 3 fully saturated rings. The Morgan fingerprint density at radius 1 is 0.764 bits per heavy atom. The number of hydrogen-bond donors (Lipinski definition) is 2. The van der Waals surface area contributed by atoms with Gasteiger partial charge in [0.25, 0.3) is 11.8 Å². The number of thiophene rings is 1. The highest BCUT2D eigenvalue weighted by atomic mass is 79.9. The van der Waals surface area contributed by atoms with Gasteiger partial charge in [0.2, 0.25) is 5.91 Å². The lowest BCUT2D eigenvalue weighted by atomic mass is 9.95. The first-order valence-electron chi connectivity index (χ1n) is 19.1. The molecule has 0 aliphatic carbocycles. The van der Waals surface area contributed by atoms with Crippen molar-refractivity contribution in [2.75, 3.05) is 62.2 Å². The molecule has 4 aliphatic heterocycles. The molecule has 2 N–H and O–H groups in total.